The van der Waals surface area contributed by atoms with Gasteiger partial charge in [-0.15, -0.1) is 0 Å². The van der Waals surface area contributed by atoms with E-state index in [4.69, 9.17) is 11.6 Å². The maximum atomic E-state index is 13.7. The molecule has 0 aliphatic carbocycles. The van der Waals surface area contributed by atoms with Crippen molar-refractivity contribution in [3.05, 3.63) is 63.9 Å². The predicted molar refractivity (Wildman–Crippen MR) is 73.6 cm³/mol. The number of benzene rings is 2. The Morgan fingerprint density at radius 3 is 2.70 bits per heavy atom. The van der Waals surface area contributed by atoms with Crippen molar-refractivity contribution in [3.63, 3.8) is 0 Å². The van der Waals surface area contributed by atoms with Gasteiger partial charge >= 0.3 is 0 Å². The van der Waals surface area contributed by atoms with Gasteiger partial charge in [0.25, 0.3) is 0 Å². The summed E-state index contributed by atoms with van der Waals surface area (Å²) in [6, 6.07) is 8.80. The highest BCUT2D eigenvalue weighted by Gasteiger charge is 2.23. The van der Waals surface area contributed by atoms with Crippen LogP contribution in [-0.4, -0.2) is 11.7 Å². The quantitative estimate of drug-likeness (QED) is 0.863. The zero-order valence-corrected chi connectivity index (χ0v) is 11.0. The van der Waals surface area contributed by atoms with Crippen LogP contribution in [0.15, 0.2) is 36.4 Å². The van der Waals surface area contributed by atoms with Crippen LogP contribution in [0.2, 0.25) is 5.02 Å². The van der Waals surface area contributed by atoms with Gasteiger partial charge in [0.1, 0.15) is 5.82 Å². The topological polar surface area (TPSA) is 46.2 Å². The van der Waals surface area contributed by atoms with Crippen molar-refractivity contribution in [3.8, 4) is 0 Å². The van der Waals surface area contributed by atoms with Crippen molar-refractivity contribution in [1.82, 2.24) is 0 Å². The fourth-order valence-corrected chi connectivity index (χ4v) is 2.46. The minimum atomic E-state index is -0.594. The van der Waals surface area contributed by atoms with Crippen molar-refractivity contribution < 1.29 is 14.0 Å². The number of nitrogens with one attached hydrogen (secondary N) is 1. The fraction of sp³-hybridized carbons (Fsp3) is 0.0667. The lowest BCUT2D eigenvalue weighted by atomic mass is 10.00. The summed E-state index contributed by atoms with van der Waals surface area (Å²) in [6.07, 6.45) is 0.198. The molecule has 0 saturated carbocycles. The van der Waals surface area contributed by atoms with Crippen molar-refractivity contribution in [2.45, 2.75) is 6.42 Å². The third-order valence-electron chi connectivity index (χ3n) is 3.18. The summed E-state index contributed by atoms with van der Waals surface area (Å²) in [5.41, 5.74) is 1.46. The van der Waals surface area contributed by atoms with Gasteiger partial charge in [0.2, 0.25) is 5.91 Å². The van der Waals surface area contributed by atoms with Gasteiger partial charge in [-0.3, -0.25) is 9.59 Å². The van der Waals surface area contributed by atoms with E-state index >= 15 is 0 Å². The summed E-state index contributed by atoms with van der Waals surface area (Å²) in [6.45, 7) is 0. The zero-order valence-electron chi connectivity index (χ0n) is 10.2. The van der Waals surface area contributed by atoms with E-state index in [2.05, 4.69) is 5.32 Å². The molecule has 0 spiro atoms. The fourth-order valence-electron chi connectivity index (χ4n) is 2.21. The summed E-state index contributed by atoms with van der Waals surface area (Å²) in [7, 11) is 0. The Kier molecular flexibility index (Phi) is 3.03. The number of amides is 1. The van der Waals surface area contributed by atoms with Crippen LogP contribution in [0.1, 0.15) is 21.5 Å². The number of ketones is 1. The van der Waals surface area contributed by atoms with E-state index in [0.717, 1.165) is 0 Å². The Balaban J connectivity index is 2.08. The lowest BCUT2D eigenvalue weighted by molar-refractivity contribution is -0.115. The molecule has 2 aromatic rings. The van der Waals surface area contributed by atoms with Crippen molar-refractivity contribution in [2.75, 3.05) is 5.32 Å². The molecule has 20 heavy (non-hydrogen) atoms. The number of hydrogen-bond donors (Lipinski definition) is 1. The van der Waals surface area contributed by atoms with Gasteiger partial charge in [-0.2, -0.15) is 0 Å². The number of halogens is 2. The maximum Gasteiger partial charge on any atom is 0.228 e. The van der Waals surface area contributed by atoms with E-state index < -0.39 is 11.6 Å². The van der Waals surface area contributed by atoms with Crippen LogP contribution in [0, 0.1) is 5.82 Å². The number of fused-ring (bicyclic) bond motifs is 1. The van der Waals surface area contributed by atoms with Crippen molar-refractivity contribution >= 4 is 29.0 Å². The Labute approximate surface area is 119 Å². The van der Waals surface area contributed by atoms with Crippen molar-refractivity contribution in [1.29, 1.82) is 0 Å². The third-order valence-corrected chi connectivity index (χ3v) is 3.49. The molecule has 0 unspecified atom stereocenters. The Hall–Kier alpha value is -2.20. The second kappa shape index (κ2) is 4.72. The lowest BCUT2D eigenvalue weighted by Gasteiger charge is -2.07. The average molecular weight is 290 g/mol. The molecule has 1 aliphatic heterocycles. The molecule has 0 bridgehead atoms. The van der Waals surface area contributed by atoms with E-state index in [-0.39, 0.29) is 28.5 Å². The normalized spacial score (nSPS) is 13.0. The first-order chi connectivity index (χ1) is 9.56. The molecule has 5 heteroatoms. The largest absolute Gasteiger partial charge is 0.325 e. The molecule has 1 heterocycles. The molecule has 0 fully saturated rings. The monoisotopic (exact) mass is 289 g/mol. The van der Waals surface area contributed by atoms with Crippen molar-refractivity contribution in [2.24, 2.45) is 0 Å². The van der Waals surface area contributed by atoms with E-state index in [1.165, 1.54) is 24.3 Å². The molecule has 3 nitrogen and oxygen atoms in total. The maximum absolute atomic E-state index is 13.7. The van der Waals surface area contributed by atoms with Crippen LogP contribution in [0.25, 0.3) is 0 Å². The summed E-state index contributed by atoms with van der Waals surface area (Å²) in [5, 5.41) is 2.84. The van der Waals surface area contributed by atoms with Crippen LogP contribution >= 0.6 is 11.6 Å². The van der Waals surface area contributed by atoms with Gasteiger partial charge in [0, 0.05) is 11.3 Å². The van der Waals surface area contributed by atoms with Gasteiger partial charge in [-0.05, 0) is 29.8 Å². The van der Waals surface area contributed by atoms with E-state index in [0.29, 0.717) is 11.3 Å². The Morgan fingerprint density at radius 2 is 1.95 bits per heavy atom. The molecule has 1 aliphatic rings. The first kappa shape index (κ1) is 12.8. The molecule has 0 aromatic heterocycles. The average Bonchev–Trinajstić information content (AvgIpc) is 2.76. The highest BCUT2D eigenvalue weighted by Crippen LogP contribution is 2.31. The molecule has 100 valence electrons. The Bertz CT molecular complexity index is 743. The first-order valence-electron chi connectivity index (χ1n) is 5.98. The number of anilines is 1. The minimum Gasteiger partial charge on any atom is -0.325 e. The second-order valence-corrected chi connectivity index (χ2v) is 4.93. The van der Waals surface area contributed by atoms with Crippen LogP contribution < -0.4 is 5.32 Å². The lowest BCUT2D eigenvalue weighted by Crippen LogP contribution is -2.05. The van der Waals surface area contributed by atoms with Crippen LogP contribution in [0.3, 0.4) is 0 Å². The zero-order chi connectivity index (χ0) is 14.3. The highest BCUT2D eigenvalue weighted by atomic mass is 35.5. The smallest absolute Gasteiger partial charge is 0.228 e. The summed E-state index contributed by atoms with van der Waals surface area (Å²) < 4.78 is 13.7. The minimum absolute atomic E-state index is 0.0355. The second-order valence-electron chi connectivity index (χ2n) is 4.52. The van der Waals surface area contributed by atoms with Crippen LogP contribution in [0.4, 0.5) is 10.1 Å². The van der Waals surface area contributed by atoms with Crippen LogP contribution in [0.5, 0.6) is 0 Å². The SMILES string of the molecule is O=C1Cc2cc(C(=O)c3ccccc3F)c(Cl)cc2N1. The summed E-state index contributed by atoms with van der Waals surface area (Å²) in [5.74, 6) is -1.23. The summed E-state index contributed by atoms with van der Waals surface area (Å²) in [4.78, 5) is 23.7. The number of carbonyl (C=O) groups excluding carboxylic acids is 2. The van der Waals surface area contributed by atoms with E-state index in [1.54, 1.807) is 12.1 Å². The van der Waals surface area contributed by atoms with Gasteiger partial charge in [-0.1, -0.05) is 23.7 Å². The summed E-state index contributed by atoms with van der Waals surface area (Å²) >= 11 is 6.06. The van der Waals surface area contributed by atoms with Crippen LogP contribution in [-0.2, 0) is 11.2 Å². The Morgan fingerprint density at radius 1 is 1.20 bits per heavy atom. The van der Waals surface area contributed by atoms with E-state index in [1.807, 2.05) is 0 Å². The van der Waals surface area contributed by atoms with Gasteiger partial charge in [0.05, 0.1) is 17.0 Å². The predicted octanol–water partition coefficient (Wildman–Crippen LogP) is 3.20. The molecule has 3 rings (SSSR count). The standard InChI is InChI=1S/C15H9ClFNO2/c16-11-7-13-8(6-14(19)18-13)5-10(11)15(20)9-3-1-2-4-12(9)17/h1-5,7H,6H2,(H,18,19). The molecular weight excluding hydrogens is 281 g/mol. The highest BCUT2D eigenvalue weighted by molar-refractivity contribution is 6.35. The molecule has 1 N–H and O–H groups in total. The van der Waals surface area contributed by atoms with Gasteiger partial charge in [0.15, 0.2) is 5.78 Å². The first-order valence-corrected chi connectivity index (χ1v) is 6.35. The molecule has 2 aromatic carbocycles. The molecule has 0 radical (unpaired) electrons. The molecule has 0 atom stereocenters. The third kappa shape index (κ3) is 2.08. The molecule has 0 saturated heterocycles. The molecule has 1 amide bonds. The number of rotatable bonds is 2. The van der Waals surface area contributed by atoms with E-state index in [9.17, 15) is 14.0 Å². The number of hydrogen-bond acceptors (Lipinski definition) is 2. The van der Waals surface area contributed by atoms with Gasteiger partial charge < -0.3 is 5.32 Å². The molecular formula is C15H9ClFNO2. The van der Waals surface area contributed by atoms with Gasteiger partial charge in [-0.25, -0.2) is 4.39 Å². The number of carbonyl (C=O) groups is 2.